The van der Waals surface area contributed by atoms with Crippen molar-refractivity contribution >= 4 is 17.5 Å². The van der Waals surface area contributed by atoms with E-state index >= 15 is 0 Å². The van der Waals surface area contributed by atoms with Gasteiger partial charge in [0.25, 0.3) is 0 Å². The van der Waals surface area contributed by atoms with Gasteiger partial charge in [-0.15, -0.1) is 0 Å². The molecule has 1 aliphatic heterocycles. The fraction of sp³-hybridized carbons (Fsp3) is 0.636. The van der Waals surface area contributed by atoms with Crippen molar-refractivity contribution in [2.24, 2.45) is 11.8 Å². The number of hydrogen-bond donors (Lipinski definition) is 1. The monoisotopic (exact) mass is 371 g/mol. The lowest BCUT2D eigenvalue weighted by molar-refractivity contribution is -0.135. The molecule has 1 heterocycles. The van der Waals surface area contributed by atoms with Crippen molar-refractivity contribution in [2.75, 3.05) is 38.5 Å². The molecule has 0 spiro atoms. The highest BCUT2D eigenvalue weighted by atomic mass is 16.2. The van der Waals surface area contributed by atoms with Gasteiger partial charge in [-0.1, -0.05) is 37.5 Å². The van der Waals surface area contributed by atoms with E-state index in [1.807, 2.05) is 48.9 Å². The van der Waals surface area contributed by atoms with Crippen LogP contribution in [0.25, 0.3) is 0 Å². The predicted octanol–water partition coefficient (Wildman–Crippen LogP) is 3.21. The molecule has 0 aromatic heterocycles. The van der Waals surface area contributed by atoms with Crippen molar-refractivity contribution in [1.29, 1.82) is 0 Å². The number of carbonyl (C=O) groups is 2. The molecule has 5 nitrogen and oxygen atoms in total. The molecule has 1 aromatic rings. The molecule has 27 heavy (non-hydrogen) atoms. The van der Waals surface area contributed by atoms with Gasteiger partial charge in [0.2, 0.25) is 11.8 Å². The molecule has 1 aliphatic carbocycles. The normalized spacial score (nSPS) is 22.4. The maximum absolute atomic E-state index is 12.7. The molecule has 1 saturated heterocycles. The number of rotatable bonds is 5. The first-order valence-electron chi connectivity index (χ1n) is 10.3. The van der Waals surface area contributed by atoms with Crippen LogP contribution in [0.1, 0.15) is 43.2 Å². The summed E-state index contributed by atoms with van der Waals surface area (Å²) >= 11 is 0. The number of nitrogens with zero attached hydrogens (tertiary/aromatic N) is 2. The van der Waals surface area contributed by atoms with Crippen molar-refractivity contribution in [3.63, 3.8) is 0 Å². The number of hydrogen-bond acceptors (Lipinski definition) is 3. The van der Waals surface area contributed by atoms with Crippen LogP contribution < -0.4 is 5.32 Å². The van der Waals surface area contributed by atoms with E-state index in [0.29, 0.717) is 12.5 Å². The maximum atomic E-state index is 12.7. The van der Waals surface area contributed by atoms with Crippen LogP contribution in [0.15, 0.2) is 18.2 Å². The first-order chi connectivity index (χ1) is 12.9. The van der Waals surface area contributed by atoms with Gasteiger partial charge in [-0.25, -0.2) is 0 Å². The second-order valence-electron chi connectivity index (χ2n) is 8.42. The van der Waals surface area contributed by atoms with E-state index in [0.717, 1.165) is 42.2 Å². The van der Waals surface area contributed by atoms with E-state index in [2.05, 4.69) is 5.32 Å². The number of fused-ring (bicyclic) bond motifs is 1. The number of anilines is 1. The van der Waals surface area contributed by atoms with Crippen LogP contribution >= 0.6 is 0 Å². The Morgan fingerprint density at radius 2 is 1.74 bits per heavy atom. The third-order valence-electron chi connectivity index (χ3n) is 6.21. The summed E-state index contributed by atoms with van der Waals surface area (Å²) < 4.78 is 0. The molecule has 0 radical (unpaired) electrons. The quantitative estimate of drug-likeness (QED) is 0.865. The Labute approximate surface area is 163 Å². The Bertz CT molecular complexity index is 668. The Kier molecular flexibility index (Phi) is 6.53. The zero-order chi connectivity index (χ0) is 19.4. The Morgan fingerprint density at radius 1 is 1.07 bits per heavy atom. The summed E-state index contributed by atoms with van der Waals surface area (Å²) in [6.45, 7) is 6.29. The van der Waals surface area contributed by atoms with Crippen LogP contribution in [0.2, 0.25) is 0 Å². The molecule has 5 heteroatoms. The number of para-hydroxylation sites is 1. The molecule has 1 aromatic carbocycles. The van der Waals surface area contributed by atoms with E-state index in [1.54, 1.807) is 0 Å². The SMILES string of the molecule is Cc1cccc(C)c1NC(=O)CN(C)CC(=O)N1CC[C@@H]2CCCC[C@@H]2C1. The van der Waals surface area contributed by atoms with Crippen molar-refractivity contribution in [1.82, 2.24) is 9.80 Å². The molecule has 2 amide bonds. The van der Waals surface area contributed by atoms with Gasteiger partial charge in [0.05, 0.1) is 13.1 Å². The lowest BCUT2D eigenvalue weighted by Crippen LogP contribution is -2.48. The molecular weight excluding hydrogens is 338 g/mol. The first-order valence-corrected chi connectivity index (χ1v) is 10.3. The van der Waals surface area contributed by atoms with Crippen LogP contribution in [0.4, 0.5) is 5.69 Å². The van der Waals surface area contributed by atoms with Gasteiger partial charge in [-0.05, 0) is 56.7 Å². The highest BCUT2D eigenvalue weighted by Gasteiger charge is 2.33. The number of benzene rings is 1. The lowest BCUT2D eigenvalue weighted by atomic mass is 9.75. The summed E-state index contributed by atoms with van der Waals surface area (Å²) in [6, 6.07) is 5.97. The highest BCUT2D eigenvalue weighted by Crippen LogP contribution is 2.36. The summed E-state index contributed by atoms with van der Waals surface area (Å²) in [5.74, 6) is 1.59. The third-order valence-corrected chi connectivity index (χ3v) is 6.21. The summed E-state index contributed by atoms with van der Waals surface area (Å²) in [7, 11) is 1.84. The summed E-state index contributed by atoms with van der Waals surface area (Å²) in [6.07, 6.45) is 6.41. The van der Waals surface area contributed by atoms with Crippen LogP contribution in [-0.4, -0.2) is 54.8 Å². The molecule has 2 atom stereocenters. The first kappa shape index (κ1) is 19.9. The largest absolute Gasteiger partial charge is 0.341 e. The lowest BCUT2D eigenvalue weighted by Gasteiger charge is -2.41. The maximum Gasteiger partial charge on any atom is 0.238 e. The topological polar surface area (TPSA) is 52.7 Å². The number of aryl methyl sites for hydroxylation is 2. The molecular formula is C22H33N3O2. The van der Waals surface area contributed by atoms with E-state index in [4.69, 9.17) is 0 Å². The number of likely N-dealkylation sites (tertiary alicyclic amines) is 1. The smallest absolute Gasteiger partial charge is 0.238 e. The van der Waals surface area contributed by atoms with Gasteiger partial charge in [0.15, 0.2) is 0 Å². The standard InChI is InChI=1S/C22H33N3O2/c1-16-7-6-8-17(2)22(16)23-20(26)14-24(3)15-21(27)25-12-11-18-9-4-5-10-19(18)13-25/h6-8,18-19H,4-5,9-15H2,1-3H3,(H,23,26)/t18-,19+/m0/s1. The second-order valence-corrected chi connectivity index (χ2v) is 8.42. The van der Waals surface area contributed by atoms with Crippen molar-refractivity contribution < 1.29 is 9.59 Å². The number of nitrogens with one attached hydrogen (secondary N) is 1. The highest BCUT2D eigenvalue weighted by molar-refractivity contribution is 5.94. The van der Waals surface area contributed by atoms with Crippen LogP contribution in [-0.2, 0) is 9.59 Å². The van der Waals surface area contributed by atoms with Gasteiger partial charge in [-0.3, -0.25) is 14.5 Å². The molecule has 1 saturated carbocycles. The molecule has 2 fully saturated rings. The third kappa shape index (κ3) is 5.10. The fourth-order valence-corrected chi connectivity index (χ4v) is 4.65. The van der Waals surface area contributed by atoms with E-state index < -0.39 is 0 Å². The van der Waals surface area contributed by atoms with Gasteiger partial charge in [0, 0.05) is 18.8 Å². The number of amides is 2. The molecule has 0 unspecified atom stereocenters. The zero-order valence-corrected chi connectivity index (χ0v) is 17.0. The Balaban J connectivity index is 1.47. The minimum atomic E-state index is -0.0753. The Hall–Kier alpha value is -1.88. The zero-order valence-electron chi connectivity index (χ0n) is 17.0. The fourth-order valence-electron chi connectivity index (χ4n) is 4.65. The van der Waals surface area contributed by atoms with Crippen molar-refractivity contribution in [2.45, 2.75) is 46.0 Å². The predicted molar refractivity (Wildman–Crippen MR) is 109 cm³/mol. The van der Waals surface area contributed by atoms with Crippen molar-refractivity contribution in [3.8, 4) is 0 Å². The molecule has 2 aliphatic rings. The minimum absolute atomic E-state index is 0.0753. The van der Waals surface area contributed by atoms with Gasteiger partial charge >= 0.3 is 0 Å². The summed E-state index contributed by atoms with van der Waals surface area (Å²) in [5, 5.41) is 2.99. The second kappa shape index (κ2) is 8.87. The van der Waals surface area contributed by atoms with E-state index in [9.17, 15) is 9.59 Å². The van der Waals surface area contributed by atoms with Crippen LogP contribution in [0.3, 0.4) is 0 Å². The number of piperidine rings is 1. The van der Waals surface area contributed by atoms with E-state index in [-0.39, 0.29) is 18.4 Å². The average molecular weight is 372 g/mol. The molecule has 3 rings (SSSR count). The Morgan fingerprint density at radius 3 is 2.44 bits per heavy atom. The molecule has 1 N–H and O–H groups in total. The summed E-state index contributed by atoms with van der Waals surface area (Å²) in [4.78, 5) is 28.9. The number of carbonyl (C=O) groups excluding carboxylic acids is 2. The minimum Gasteiger partial charge on any atom is -0.341 e. The summed E-state index contributed by atoms with van der Waals surface area (Å²) in [5.41, 5.74) is 2.98. The molecule has 148 valence electrons. The van der Waals surface area contributed by atoms with E-state index in [1.165, 1.54) is 25.7 Å². The average Bonchev–Trinajstić information content (AvgIpc) is 2.64. The van der Waals surface area contributed by atoms with Gasteiger partial charge in [0.1, 0.15) is 0 Å². The van der Waals surface area contributed by atoms with Gasteiger partial charge in [-0.2, -0.15) is 0 Å². The van der Waals surface area contributed by atoms with Crippen LogP contribution in [0.5, 0.6) is 0 Å². The molecule has 0 bridgehead atoms. The van der Waals surface area contributed by atoms with Gasteiger partial charge < -0.3 is 10.2 Å². The number of likely N-dealkylation sites (N-methyl/N-ethyl adjacent to an activating group) is 1. The van der Waals surface area contributed by atoms with Crippen molar-refractivity contribution in [3.05, 3.63) is 29.3 Å². The van der Waals surface area contributed by atoms with Crippen LogP contribution in [0, 0.1) is 25.7 Å².